The van der Waals surface area contributed by atoms with E-state index in [1.54, 1.807) is 0 Å². The number of carbonyl (C=O) groups excluding carboxylic acids is 1. The SMILES string of the molecule is CCCN(CC(=O)NCC(C)C)c1cccc(N)c1. The standard InChI is InChI=1S/C15H25N3O/c1-4-8-18(11-15(19)17-10-12(2)3)14-7-5-6-13(16)9-14/h5-7,9,12H,4,8,10-11,16H2,1-3H3,(H,17,19). The van der Waals surface area contributed by atoms with E-state index in [2.05, 4.69) is 31.0 Å². The van der Waals surface area contributed by atoms with Gasteiger partial charge in [-0.05, 0) is 30.5 Å². The number of rotatable bonds is 7. The van der Waals surface area contributed by atoms with Crippen molar-refractivity contribution in [1.82, 2.24) is 5.32 Å². The molecule has 0 unspecified atom stereocenters. The monoisotopic (exact) mass is 263 g/mol. The molecule has 0 saturated heterocycles. The predicted octanol–water partition coefficient (Wildman–Crippen LogP) is 2.26. The zero-order valence-electron chi connectivity index (χ0n) is 12.1. The third-order valence-electron chi connectivity index (χ3n) is 2.77. The van der Waals surface area contributed by atoms with Crippen molar-refractivity contribution in [3.63, 3.8) is 0 Å². The van der Waals surface area contributed by atoms with Crippen molar-refractivity contribution in [2.24, 2.45) is 5.92 Å². The number of benzene rings is 1. The highest BCUT2D eigenvalue weighted by atomic mass is 16.2. The van der Waals surface area contributed by atoms with Crippen LogP contribution in [0.2, 0.25) is 0 Å². The van der Waals surface area contributed by atoms with Crippen LogP contribution >= 0.6 is 0 Å². The molecule has 0 aliphatic carbocycles. The van der Waals surface area contributed by atoms with Gasteiger partial charge in [0.2, 0.25) is 5.91 Å². The number of anilines is 2. The van der Waals surface area contributed by atoms with Crippen LogP contribution in [0.1, 0.15) is 27.2 Å². The molecule has 0 heterocycles. The summed E-state index contributed by atoms with van der Waals surface area (Å²) in [5.41, 5.74) is 7.52. The molecule has 0 aliphatic rings. The zero-order chi connectivity index (χ0) is 14.3. The molecule has 0 bridgehead atoms. The second-order valence-electron chi connectivity index (χ2n) is 5.21. The van der Waals surface area contributed by atoms with E-state index in [1.165, 1.54) is 0 Å². The maximum atomic E-state index is 11.9. The lowest BCUT2D eigenvalue weighted by molar-refractivity contribution is -0.119. The van der Waals surface area contributed by atoms with Crippen molar-refractivity contribution in [2.75, 3.05) is 30.3 Å². The zero-order valence-corrected chi connectivity index (χ0v) is 12.1. The fourth-order valence-electron chi connectivity index (χ4n) is 1.84. The first-order chi connectivity index (χ1) is 9.02. The van der Waals surface area contributed by atoms with E-state index in [9.17, 15) is 4.79 Å². The van der Waals surface area contributed by atoms with Crippen molar-refractivity contribution in [3.8, 4) is 0 Å². The van der Waals surface area contributed by atoms with Crippen LogP contribution in [0.25, 0.3) is 0 Å². The van der Waals surface area contributed by atoms with Gasteiger partial charge in [-0.2, -0.15) is 0 Å². The topological polar surface area (TPSA) is 58.4 Å². The molecular weight excluding hydrogens is 238 g/mol. The molecule has 0 saturated carbocycles. The van der Waals surface area contributed by atoms with Gasteiger partial charge in [0.1, 0.15) is 0 Å². The number of hydrogen-bond donors (Lipinski definition) is 2. The first-order valence-corrected chi connectivity index (χ1v) is 6.90. The molecule has 1 aromatic carbocycles. The minimum atomic E-state index is 0.0598. The number of nitrogen functional groups attached to an aromatic ring is 1. The van der Waals surface area contributed by atoms with Crippen LogP contribution < -0.4 is 16.0 Å². The summed E-state index contributed by atoms with van der Waals surface area (Å²) >= 11 is 0. The smallest absolute Gasteiger partial charge is 0.239 e. The first-order valence-electron chi connectivity index (χ1n) is 6.90. The van der Waals surface area contributed by atoms with Crippen LogP contribution in [0, 0.1) is 5.92 Å². The molecule has 0 atom stereocenters. The minimum absolute atomic E-state index is 0.0598. The lowest BCUT2D eigenvalue weighted by Crippen LogP contribution is -2.39. The summed E-state index contributed by atoms with van der Waals surface area (Å²) in [6.07, 6.45) is 0.992. The second-order valence-corrected chi connectivity index (χ2v) is 5.21. The third-order valence-corrected chi connectivity index (χ3v) is 2.77. The molecule has 0 spiro atoms. The summed E-state index contributed by atoms with van der Waals surface area (Å²) in [6.45, 7) is 8.22. The molecule has 0 radical (unpaired) electrons. The highest BCUT2D eigenvalue weighted by molar-refractivity contribution is 5.81. The van der Waals surface area contributed by atoms with E-state index < -0.39 is 0 Å². The van der Waals surface area contributed by atoms with Gasteiger partial charge in [0.15, 0.2) is 0 Å². The lowest BCUT2D eigenvalue weighted by atomic mass is 10.2. The molecular formula is C15H25N3O. The largest absolute Gasteiger partial charge is 0.399 e. The average molecular weight is 263 g/mol. The normalized spacial score (nSPS) is 10.5. The molecule has 19 heavy (non-hydrogen) atoms. The molecule has 4 heteroatoms. The summed E-state index contributed by atoms with van der Waals surface area (Å²) < 4.78 is 0. The molecule has 0 aliphatic heterocycles. The van der Waals surface area contributed by atoms with E-state index in [0.717, 1.165) is 30.9 Å². The third kappa shape index (κ3) is 5.64. The van der Waals surface area contributed by atoms with Crippen LogP contribution in [0.3, 0.4) is 0 Å². The fourth-order valence-corrected chi connectivity index (χ4v) is 1.84. The quantitative estimate of drug-likeness (QED) is 0.742. The number of carbonyl (C=O) groups is 1. The highest BCUT2D eigenvalue weighted by Crippen LogP contribution is 2.17. The Morgan fingerprint density at radius 2 is 2.16 bits per heavy atom. The Morgan fingerprint density at radius 1 is 1.42 bits per heavy atom. The Balaban J connectivity index is 2.65. The van der Waals surface area contributed by atoms with Gasteiger partial charge >= 0.3 is 0 Å². The Hall–Kier alpha value is -1.71. The van der Waals surface area contributed by atoms with E-state index in [1.807, 2.05) is 24.3 Å². The Bertz CT molecular complexity index is 404. The molecule has 4 nitrogen and oxygen atoms in total. The summed E-state index contributed by atoms with van der Waals surface area (Å²) in [7, 11) is 0. The molecule has 1 rings (SSSR count). The van der Waals surface area contributed by atoms with E-state index in [-0.39, 0.29) is 5.91 Å². The van der Waals surface area contributed by atoms with Gasteiger partial charge in [0.05, 0.1) is 6.54 Å². The van der Waals surface area contributed by atoms with Gasteiger partial charge in [-0.25, -0.2) is 0 Å². The number of nitrogens with two attached hydrogens (primary N) is 1. The second kappa shape index (κ2) is 7.67. The van der Waals surface area contributed by atoms with Crippen molar-refractivity contribution in [1.29, 1.82) is 0 Å². The van der Waals surface area contributed by atoms with E-state index >= 15 is 0 Å². The fraction of sp³-hybridized carbons (Fsp3) is 0.533. The number of hydrogen-bond acceptors (Lipinski definition) is 3. The maximum Gasteiger partial charge on any atom is 0.239 e. The van der Waals surface area contributed by atoms with Gasteiger partial charge in [-0.15, -0.1) is 0 Å². The molecule has 106 valence electrons. The summed E-state index contributed by atoms with van der Waals surface area (Å²) in [6, 6.07) is 7.67. The van der Waals surface area contributed by atoms with Gasteiger partial charge in [0, 0.05) is 24.5 Å². The molecule has 0 fully saturated rings. The van der Waals surface area contributed by atoms with Gasteiger partial charge < -0.3 is 16.0 Å². The predicted molar refractivity (Wildman–Crippen MR) is 81.2 cm³/mol. The van der Waals surface area contributed by atoms with Crippen LogP contribution in [-0.2, 0) is 4.79 Å². The van der Waals surface area contributed by atoms with Crippen LogP contribution in [0.4, 0.5) is 11.4 Å². The van der Waals surface area contributed by atoms with Crippen molar-refractivity contribution in [2.45, 2.75) is 27.2 Å². The number of nitrogens with zero attached hydrogens (tertiary/aromatic N) is 1. The van der Waals surface area contributed by atoms with Crippen LogP contribution in [0.15, 0.2) is 24.3 Å². The molecule has 0 aromatic heterocycles. The molecule has 1 amide bonds. The Morgan fingerprint density at radius 3 is 2.74 bits per heavy atom. The van der Waals surface area contributed by atoms with E-state index in [4.69, 9.17) is 5.73 Å². The number of amides is 1. The minimum Gasteiger partial charge on any atom is -0.399 e. The summed E-state index contributed by atoms with van der Waals surface area (Å²) in [4.78, 5) is 14.0. The maximum absolute atomic E-state index is 11.9. The van der Waals surface area contributed by atoms with Gasteiger partial charge in [0.25, 0.3) is 0 Å². The Kier molecular flexibility index (Phi) is 6.19. The Labute approximate surface area is 116 Å². The number of nitrogens with one attached hydrogen (secondary N) is 1. The first kappa shape index (κ1) is 15.3. The van der Waals surface area contributed by atoms with E-state index in [0.29, 0.717) is 12.5 Å². The van der Waals surface area contributed by atoms with Crippen molar-refractivity contribution in [3.05, 3.63) is 24.3 Å². The van der Waals surface area contributed by atoms with Gasteiger partial charge in [-0.1, -0.05) is 26.8 Å². The summed E-state index contributed by atoms with van der Waals surface area (Å²) in [5, 5.41) is 2.94. The van der Waals surface area contributed by atoms with Gasteiger partial charge in [-0.3, -0.25) is 4.79 Å². The van der Waals surface area contributed by atoms with Crippen molar-refractivity contribution < 1.29 is 4.79 Å². The molecule has 3 N–H and O–H groups in total. The van der Waals surface area contributed by atoms with Crippen LogP contribution in [0.5, 0.6) is 0 Å². The van der Waals surface area contributed by atoms with Crippen molar-refractivity contribution >= 4 is 17.3 Å². The average Bonchev–Trinajstić information content (AvgIpc) is 2.36. The molecule has 1 aromatic rings. The highest BCUT2D eigenvalue weighted by Gasteiger charge is 2.11. The lowest BCUT2D eigenvalue weighted by Gasteiger charge is -2.24. The van der Waals surface area contributed by atoms with Crippen LogP contribution in [-0.4, -0.2) is 25.5 Å². The summed E-state index contributed by atoms with van der Waals surface area (Å²) in [5.74, 6) is 0.528.